The van der Waals surface area contributed by atoms with Crippen LogP contribution in [-0.2, 0) is 0 Å². The van der Waals surface area contributed by atoms with Crippen LogP contribution in [0.1, 0.15) is 228 Å². The number of halogens is 1. The van der Waals surface area contributed by atoms with Crippen LogP contribution in [0.15, 0.2) is 77.3 Å². The van der Waals surface area contributed by atoms with Crippen molar-refractivity contribution in [1.29, 1.82) is 0 Å². The summed E-state index contributed by atoms with van der Waals surface area (Å²) in [5.41, 5.74) is 4.51. The largest absolute Gasteiger partial charge is 0.492 e. The zero-order chi connectivity index (χ0) is 55.9. The molecule has 0 N–H and O–H groups in total. The lowest BCUT2D eigenvalue weighted by molar-refractivity contribution is 0.111. The Bertz CT molecular complexity index is 2830. The van der Waals surface area contributed by atoms with Crippen molar-refractivity contribution in [2.24, 2.45) is 0 Å². The minimum Gasteiger partial charge on any atom is -0.492 e. The Hall–Kier alpha value is -5.47. The van der Waals surface area contributed by atoms with E-state index in [1.54, 1.807) is 0 Å². The van der Waals surface area contributed by atoms with E-state index in [2.05, 4.69) is 142 Å². The molecule has 0 unspecified atom stereocenters. The highest BCUT2D eigenvalue weighted by Crippen LogP contribution is 2.44. The third kappa shape index (κ3) is 18.8. The molecule has 0 saturated carbocycles. The number of carbonyl (C=O) groups is 1. The molecule has 0 aromatic heterocycles. The summed E-state index contributed by atoms with van der Waals surface area (Å²) in [6.07, 6.45) is 36.4. The Morgan fingerprint density at radius 2 is 0.494 bits per heavy atom. The van der Waals surface area contributed by atoms with E-state index in [4.69, 9.17) is 28.4 Å². The van der Waals surface area contributed by atoms with Crippen LogP contribution in [-0.4, -0.2) is 45.9 Å². The van der Waals surface area contributed by atoms with E-state index < -0.39 is 0 Å². The molecule has 0 spiro atoms. The van der Waals surface area contributed by atoms with Crippen LogP contribution in [0.2, 0.25) is 0 Å². The Labute approximate surface area is 484 Å². The van der Waals surface area contributed by atoms with Gasteiger partial charge in [-0.2, -0.15) is 0 Å². The molecule has 6 aromatic carbocycles. The van der Waals surface area contributed by atoms with Crippen molar-refractivity contribution in [3.05, 3.63) is 105 Å². The van der Waals surface area contributed by atoms with Crippen LogP contribution in [0.25, 0.3) is 56.6 Å². The van der Waals surface area contributed by atoms with E-state index in [9.17, 15) is 4.79 Å². The van der Waals surface area contributed by atoms with Crippen LogP contribution in [0, 0.1) is 0 Å². The summed E-state index contributed by atoms with van der Waals surface area (Å²) in [6.45, 7) is 17.1. The third-order valence-electron chi connectivity index (χ3n) is 14.9. The summed E-state index contributed by atoms with van der Waals surface area (Å²) in [5.74, 6) is 4.88. The number of ether oxygens (including phenoxy) is 6. The van der Waals surface area contributed by atoms with Gasteiger partial charge in [0.05, 0.1) is 49.7 Å². The van der Waals surface area contributed by atoms with Crippen LogP contribution in [0.5, 0.6) is 34.5 Å². The minimum atomic E-state index is 0.557. The molecule has 0 fully saturated rings. The molecule has 0 saturated heterocycles. The summed E-state index contributed by atoms with van der Waals surface area (Å²) in [6, 6.07) is 25.5. The van der Waals surface area contributed by atoms with Crippen molar-refractivity contribution in [3.8, 4) is 34.5 Å². The minimum absolute atomic E-state index is 0.557. The third-order valence-corrected chi connectivity index (χ3v) is 15.5. The molecule has 0 atom stereocenters. The molecule has 0 aliphatic heterocycles. The van der Waals surface area contributed by atoms with Crippen molar-refractivity contribution in [1.82, 2.24) is 0 Å². The SMILES string of the molecule is CCCCCCOc1c(Br)ccc2c(OCCCCCC)c(/C=C/c3ccc4c(OCCCCCC)c(/C=C/c5ccc6c(OCCCCCC)c(C=O)ccc6c5OCCCCCC)ccc4c3OCCCCCC)ccc12. The standard InChI is InChI=1S/C71H95BrO7/c1-7-13-19-25-47-74-66-54(31-32-56-37-42-62-61(68(56)76-49-27-21-15-9-3)44-39-58(53-73)70(62)78-51-29-23-17-11-5)35-40-60-59(66)41-36-55(67(60)75-48-26-20-14-8-2)33-34-57-38-43-64-63(69(57)77-50-28-22-16-10-4)45-46-65(72)71(64)79-52-30-24-18-12-6/h31-46,53H,7-30,47-52H2,1-6H3/b32-31+,34-33+. The lowest BCUT2D eigenvalue weighted by Crippen LogP contribution is -2.03. The Kier molecular flexibility index (Phi) is 28.6. The Morgan fingerprint density at radius 3 is 0.747 bits per heavy atom. The fourth-order valence-electron chi connectivity index (χ4n) is 10.3. The van der Waals surface area contributed by atoms with Gasteiger partial charge in [0.15, 0.2) is 6.29 Å². The van der Waals surface area contributed by atoms with E-state index in [1.807, 2.05) is 12.1 Å². The Balaban J connectivity index is 1.44. The average Bonchev–Trinajstić information content (AvgIpc) is 3.56. The predicted molar refractivity (Wildman–Crippen MR) is 341 cm³/mol. The monoisotopic (exact) mass is 1140 g/mol. The van der Waals surface area contributed by atoms with E-state index >= 15 is 0 Å². The number of carbonyl (C=O) groups excluding carboxylic acids is 1. The summed E-state index contributed by atoms with van der Waals surface area (Å²) < 4.78 is 41.2. The second-order valence-corrected chi connectivity index (χ2v) is 22.2. The van der Waals surface area contributed by atoms with Gasteiger partial charge in [-0.3, -0.25) is 4.79 Å². The van der Waals surface area contributed by atoms with Gasteiger partial charge in [-0.15, -0.1) is 0 Å². The quantitative estimate of drug-likeness (QED) is 0.0215. The average molecular weight is 1140 g/mol. The molecular formula is C71H95BrO7. The molecule has 0 amide bonds. The van der Waals surface area contributed by atoms with Gasteiger partial charge in [-0.25, -0.2) is 0 Å². The number of fused-ring (bicyclic) bond motifs is 3. The summed E-state index contributed by atoms with van der Waals surface area (Å²) in [4.78, 5) is 12.4. The summed E-state index contributed by atoms with van der Waals surface area (Å²) >= 11 is 3.82. The molecule has 0 aliphatic rings. The van der Waals surface area contributed by atoms with Crippen molar-refractivity contribution in [2.75, 3.05) is 39.6 Å². The van der Waals surface area contributed by atoms with Crippen molar-refractivity contribution in [2.45, 2.75) is 196 Å². The number of unbranched alkanes of at least 4 members (excludes halogenated alkanes) is 18. The second kappa shape index (κ2) is 36.0. The second-order valence-electron chi connectivity index (χ2n) is 21.3. The maximum absolute atomic E-state index is 12.4. The van der Waals surface area contributed by atoms with E-state index in [0.29, 0.717) is 51.0 Å². The molecule has 6 aromatic rings. The fourth-order valence-corrected chi connectivity index (χ4v) is 10.7. The highest BCUT2D eigenvalue weighted by molar-refractivity contribution is 9.10. The number of hydrogen-bond donors (Lipinski definition) is 0. The van der Waals surface area contributed by atoms with Crippen LogP contribution >= 0.6 is 15.9 Å². The summed E-state index contributed by atoms with van der Waals surface area (Å²) in [7, 11) is 0. The van der Waals surface area contributed by atoms with E-state index in [1.165, 1.54) is 51.4 Å². The topological polar surface area (TPSA) is 72.5 Å². The first-order chi connectivity index (χ1) is 38.9. The van der Waals surface area contributed by atoms with Gasteiger partial charge in [0, 0.05) is 54.6 Å². The van der Waals surface area contributed by atoms with Gasteiger partial charge in [-0.05, 0) is 103 Å². The lowest BCUT2D eigenvalue weighted by Gasteiger charge is -2.18. The van der Waals surface area contributed by atoms with E-state index in [0.717, 1.165) is 197 Å². The predicted octanol–water partition coefficient (Wildman–Crippen LogP) is 21.8. The van der Waals surface area contributed by atoms with E-state index in [-0.39, 0.29) is 0 Å². The zero-order valence-corrected chi connectivity index (χ0v) is 50.8. The molecule has 0 radical (unpaired) electrons. The number of hydrogen-bond acceptors (Lipinski definition) is 7. The lowest BCUT2D eigenvalue weighted by atomic mass is 9.98. The summed E-state index contributed by atoms with van der Waals surface area (Å²) in [5, 5.41) is 5.96. The smallest absolute Gasteiger partial charge is 0.153 e. The van der Waals surface area contributed by atoms with Crippen LogP contribution in [0.3, 0.4) is 0 Å². The fraction of sp³-hybridized carbons (Fsp3) is 0.507. The highest BCUT2D eigenvalue weighted by atomic mass is 79.9. The van der Waals surface area contributed by atoms with Gasteiger partial charge in [0.25, 0.3) is 0 Å². The maximum Gasteiger partial charge on any atom is 0.153 e. The molecule has 428 valence electrons. The molecular weight excluding hydrogens is 1040 g/mol. The number of aldehydes is 1. The Morgan fingerprint density at radius 1 is 0.278 bits per heavy atom. The first kappa shape index (κ1) is 62.7. The number of benzene rings is 6. The first-order valence-corrected chi connectivity index (χ1v) is 31.7. The van der Waals surface area contributed by atoms with Crippen LogP contribution < -0.4 is 28.4 Å². The normalized spacial score (nSPS) is 11.7. The van der Waals surface area contributed by atoms with Gasteiger partial charge < -0.3 is 28.4 Å². The number of rotatable bonds is 41. The van der Waals surface area contributed by atoms with Crippen molar-refractivity contribution >= 4 is 78.8 Å². The molecule has 8 heteroatoms. The zero-order valence-electron chi connectivity index (χ0n) is 49.3. The van der Waals surface area contributed by atoms with Crippen molar-refractivity contribution < 1.29 is 33.2 Å². The molecule has 79 heavy (non-hydrogen) atoms. The molecule has 6 rings (SSSR count). The van der Waals surface area contributed by atoms with Gasteiger partial charge >= 0.3 is 0 Å². The molecule has 0 aliphatic carbocycles. The van der Waals surface area contributed by atoms with Crippen LogP contribution in [0.4, 0.5) is 0 Å². The maximum atomic E-state index is 12.4. The highest BCUT2D eigenvalue weighted by Gasteiger charge is 2.19. The molecule has 0 heterocycles. The van der Waals surface area contributed by atoms with Crippen molar-refractivity contribution in [3.63, 3.8) is 0 Å². The van der Waals surface area contributed by atoms with Gasteiger partial charge in [0.1, 0.15) is 34.5 Å². The molecule has 0 bridgehead atoms. The first-order valence-electron chi connectivity index (χ1n) is 30.9. The molecule has 7 nitrogen and oxygen atoms in total. The van der Waals surface area contributed by atoms with Gasteiger partial charge in [0.2, 0.25) is 0 Å². The van der Waals surface area contributed by atoms with Gasteiger partial charge in [-0.1, -0.05) is 206 Å².